The number of benzene rings is 2. The van der Waals surface area contributed by atoms with Crippen LogP contribution in [0.4, 0.5) is 5.69 Å². The number of nitrogens with zero attached hydrogens (tertiary/aromatic N) is 1. The van der Waals surface area contributed by atoms with E-state index in [1.165, 1.54) is 0 Å². The van der Waals surface area contributed by atoms with Gasteiger partial charge < -0.3 is 9.73 Å². The van der Waals surface area contributed by atoms with Crippen molar-refractivity contribution < 1.29 is 9.21 Å². The second kappa shape index (κ2) is 5.81. The van der Waals surface area contributed by atoms with Gasteiger partial charge in [0.1, 0.15) is 5.52 Å². The molecule has 0 aliphatic carbocycles. The summed E-state index contributed by atoms with van der Waals surface area (Å²) in [6, 6.07) is 12.3. The van der Waals surface area contributed by atoms with Crippen molar-refractivity contribution in [1.82, 2.24) is 4.98 Å². The molecule has 0 fully saturated rings. The number of para-hydroxylation sites is 1. The summed E-state index contributed by atoms with van der Waals surface area (Å²) in [6.45, 7) is 4.02. The lowest BCUT2D eigenvalue weighted by molar-refractivity contribution is 0.102. The van der Waals surface area contributed by atoms with Crippen LogP contribution in [0.15, 0.2) is 46.9 Å². The maximum atomic E-state index is 12.3. The number of halogens is 1. The quantitative estimate of drug-likeness (QED) is 0.751. The molecule has 5 heteroatoms. The summed E-state index contributed by atoms with van der Waals surface area (Å²) in [5.74, 6) is 0.629. The lowest BCUT2D eigenvalue weighted by Crippen LogP contribution is -2.11. The molecule has 0 saturated heterocycles. The molecule has 0 unspecified atom stereocenters. The Morgan fingerprint density at radius 2 is 2.00 bits per heavy atom. The summed E-state index contributed by atoms with van der Waals surface area (Å²) < 4.78 is 5.68. The Hall–Kier alpha value is -2.33. The molecule has 3 aromatic rings. The molecule has 0 atom stereocenters. The molecule has 3 rings (SSSR count). The van der Waals surface area contributed by atoms with Crippen molar-refractivity contribution in [2.45, 2.75) is 19.8 Å². The Morgan fingerprint density at radius 3 is 2.73 bits per heavy atom. The van der Waals surface area contributed by atoms with Gasteiger partial charge in [0.25, 0.3) is 5.91 Å². The van der Waals surface area contributed by atoms with Gasteiger partial charge in [-0.25, -0.2) is 4.98 Å². The number of nitrogens with one attached hydrogen (secondary N) is 1. The zero-order valence-corrected chi connectivity index (χ0v) is 13.0. The van der Waals surface area contributed by atoms with E-state index in [2.05, 4.69) is 10.3 Å². The van der Waals surface area contributed by atoms with Crippen LogP contribution in [0.25, 0.3) is 11.1 Å². The molecule has 22 heavy (non-hydrogen) atoms. The molecule has 4 nitrogen and oxygen atoms in total. The highest BCUT2D eigenvalue weighted by atomic mass is 35.5. The van der Waals surface area contributed by atoms with E-state index in [4.69, 9.17) is 16.0 Å². The van der Waals surface area contributed by atoms with Crippen LogP contribution in [0.1, 0.15) is 36.0 Å². The lowest BCUT2D eigenvalue weighted by atomic mass is 10.2. The first-order chi connectivity index (χ1) is 10.5. The summed E-state index contributed by atoms with van der Waals surface area (Å²) in [5.41, 5.74) is 2.43. The molecule has 1 heterocycles. The predicted octanol–water partition coefficient (Wildman–Crippen LogP) is 4.86. The van der Waals surface area contributed by atoms with Gasteiger partial charge in [0, 0.05) is 11.5 Å². The molecule has 1 aromatic heterocycles. The molecular weight excluding hydrogens is 300 g/mol. The Bertz CT molecular complexity index is 840. The summed E-state index contributed by atoms with van der Waals surface area (Å²) in [7, 11) is 0. The number of aromatic nitrogens is 1. The lowest BCUT2D eigenvalue weighted by Gasteiger charge is -2.06. The van der Waals surface area contributed by atoms with Gasteiger partial charge in [-0.1, -0.05) is 37.6 Å². The van der Waals surface area contributed by atoms with Gasteiger partial charge in [0.2, 0.25) is 0 Å². The zero-order valence-electron chi connectivity index (χ0n) is 12.3. The highest BCUT2D eigenvalue weighted by Gasteiger charge is 2.13. The number of hydrogen-bond acceptors (Lipinski definition) is 3. The third-order valence-corrected chi connectivity index (χ3v) is 3.61. The largest absolute Gasteiger partial charge is 0.440 e. The van der Waals surface area contributed by atoms with Gasteiger partial charge in [0.15, 0.2) is 11.5 Å². The van der Waals surface area contributed by atoms with Crippen LogP contribution in [0.3, 0.4) is 0 Å². The molecule has 0 radical (unpaired) electrons. The number of fused-ring (bicyclic) bond motifs is 1. The van der Waals surface area contributed by atoms with E-state index in [9.17, 15) is 4.79 Å². The van der Waals surface area contributed by atoms with Crippen molar-refractivity contribution in [3.05, 3.63) is 58.9 Å². The van der Waals surface area contributed by atoms with Gasteiger partial charge in [0.05, 0.1) is 10.7 Å². The van der Waals surface area contributed by atoms with E-state index in [0.29, 0.717) is 27.7 Å². The molecule has 112 valence electrons. The van der Waals surface area contributed by atoms with Crippen molar-refractivity contribution in [2.24, 2.45) is 0 Å². The number of carbonyl (C=O) groups excluding carboxylic acids is 1. The highest BCUT2D eigenvalue weighted by Crippen LogP contribution is 2.24. The predicted molar refractivity (Wildman–Crippen MR) is 87.5 cm³/mol. The molecular formula is C17H15ClN2O2. The van der Waals surface area contributed by atoms with Crippen molar-refractivity contribution >= 4 is 34.3 Å². The smallest absolute Gasteiger partial charge is 0.255 e. The van der Waals surface area contributed by atoms with Gasteiger partial charge >= 0.3 is 0 Å². The average molecular weight is 315 g/mol. The van der Waals surface area contributed by atoms with Crippen LogP contribution in [0.5, 0.6) is 0 Å². The van der Waals surface area contributed by atoms with Gasteiger partial charge in [-0.2, -0.15) is 0 Å². The standard InChI is InChI=1S/C17H15ClN2O2/c1-10(2)17-20-14-8-7-11(9-15(14)22-17)16(21)19-13-6-4-3-5-12(13)18/h3-10H,1-2H3,(H,19,21). The van der Waals surface area contributed by atoms with Gasteiger partial charge in [-0.15, -0.1) is 0 Å². The minimum atomic E-state index is -0.238. The molecule has 0 aliphatic rings. The van der Waals surface area contributed by atoms with E-state index in [-0.39, 0.29) is 11.8 Å². The van der Waals surface area contributed by atoms with Crippen LogP contribution in [-0.2, 0) is 0 Å². The monoisotopic (exact) mass is 314 g/mol. The summed E-state index contributed by atoms with van der Waals surface area (Å²) in [4.78, 5) is 16.7. The number of amides is 1. The molecule has 0 saturated carbocycles. The van der Waals surface area contributed by atoms with E-state index in [0.717, 1.165) is 5.52 Å². The first-order valence-corrected chi connectivity index (χ1v) is 7.39. The normalized spacial score (nSPS) is 11.1. The number of oxazole rings is 1. The SMILES string of the molecule is CC(C)c1nc2ccc(C(=O)Nc3ccccc3Cl)cc2o1. The summed E-state index contributed by atoms with van der Waals surface area (Å²) >= 11 is 6.05. The van der Waals surface area contributed by atoms with E-state index >= 15 is 0 Å². The second-order valence-corrected chi connectivity index (χ2v) is 5.73. The summed E-state index contributed by atoms with van der Waals surface area (Å²) in [6.07, 6.45) is 0. The number of carbonyl (C=O) groups is 1. The fourth-order valence-corrected chi connectivity index (χ4v) is 2.27. The third kappa shape index (κ3) is 2.83. The topological polar surface area (TPSA) is 55.1 Å². The Kier molecular flexibility index (Phi) is 3.86. The van der Waals surface area contributed by atoms with Gasteiger partial charge in [-0.05, 0) is 30.3 Å². The van der Waals surface area contributed by atoms with Crippen LogP contribution in [-0.4, -0.2) is 10.9 Å². The number of anilines is 1. The second-order valence-electron chi connectivity index (χ2n) is 5.32. The van der Waals surface area contributed by atoms with E-state index < -0.39 is 0 Å². The molecule has 0 aliphatic heterocycles. The van der Waals surface area contributed by atoms with Gasteiger partial charge in [-0.3, -0.25) is 4.79 Å². The van der Waals surface area contributed by atoms with Crippen LogP contribution < -0.4 is 5.32 Å². The maximum Gasteiger partial charge on any atom is 0.255 e. The van der Waals surface area contributed by atoms with E-state index in [1.807, 2.05) is 26.0 Å². The molecule has 1 amide bonds. The van der Waals surface area contributed by atoms with Crippen LogP contribution in [0, 0.1) is 0 Å². The minimum Gasteiger partial charge on any atom is -0.440 e. The van der Waals surface area contributed by atoms with Crippen molar-refractivity contribution in [3.63, 3.8) is 0 Å². The van der Waals surface area contributed by atoms with Crippen LogP contribution in [0.2, 0.25) is 5.02 Å². The maximum absolute atomic E-state index is 12.3. The fraction of sp³-hybridized carbons (Fsp3) is 0.176. The van der Waals surface area contributed by atoms with Crippen molar-refractivity contribution in [1.29, 1.82) is 0 Å². The molecule has 1 N–H and O–H groups in total. The molecule has 0 spiro atoms. The zero-order chi connectivity index (χ0) is 15.7. The number of rotatable bonds is 3. The Balaban J connectivity index is 1.89. The highest BCUT2D eigenvalue weighted by molar-refractivity contribution is 6.33. The fourth-order valence-electron chi connectivity index (χ4n) is 2.09. The molecule has 0 bridgehead atoms. The van der Waals surface area contributed by atoms with Crippen molar-refractivity contribution in [2.75, 3.05) is 5.32 Å². The third-order valence-electron chi connectivity index (χ3n) is 3.28. The summed E-state index contributed by atoms with van der Waals surface area (Å²) in [5, 5.41) is 3.29. The number of hydrogen-bond donors (Lipinski definition) is 1. The Morgan fingerprint density at radius 1 is 1.23 bits per heavy atom. The van der Waals surface area contributed by atoms with E-state index in [1.54, 1.807) is 30.3 Å². The average Bonchev–Trinajstić information content (AvgIpc) is 2.93. The first kappa shape index (κ1) is 14.6. The minimum absolute atomic E-state index is 0.202. The molecule has 2 aromatic carbocycles. The Labute approximate surface area is 133 Å². The van der Waals surface area contributed by atoms with Crippen molar-refractivity contribution in [3.8, 4) is 0 Å². The first-order valence-electron chi connectivity index (χ1n) is 7.01. The van der Waals surface area contributed by atoms with Crippen LogP contribution >= 0.6 is 11.6 Å².